The molecule has 12 nitrogen and oxygen atoms in total. The fourth-order valence-corrected chi connectivity index (χ4v) is 4.91. The molecule has 0 radical (unpaired) electrons. The van der Waals surface area contributed by atoms with Gasteiger partial charge in [-0.25, -0.2) is 9.59 Å². The van der Waals surface area contributed by atoms with Crippen LogP contribution < -0.4 is 16.0 Å². The van der Waals surface area contributed by atoms with E-state index in [1.54, 1.807) is 92.5 Å². The largest absolute Gasteiger partial charge is 0.444 e. The third kappa shape index (κ3) is 11.5. The van der Waals surface area contributed by atoms with Crippen LogP contribution in [0, 0.1) is 0 Å². The number of aromatic nitrogens is 1. The van der Waals surface area contributed by atoms with E-state index < -0.39 is 17.6 Å². The molecule has 1 aliphatic rings. The number of rotatable bonds is 12. The first-order valence-corrected chi connectivity index (χ1v) is 15.8. The normalized spacial score (nSPS) is 13.4. The lowest BCUT2D eigenvalue weighted by Gasteiger charge is -2.27. The number of nitrogens with zero attached hydrogens (tertiary/aromatic N) is 3. The Kier molecular flexibility index (Phi) is 12.4. The van der Waals surface area contributed by atoms with Crippen molar-refractivity contribution in [3.63, 3.8) is 0 Å². The van der Waals surface area contributed by atoms with E-state index in [1.165, 1.54) is 6.92 Å². The maximum atomic E-state index is 13.4. The van der Waals surface area contributed by atoms with E-state index in [2.05, 4.69) is 25.8 Å². The second-order valence-corrected chi connectivity index (χ2v) is 12.3. The predicted molar refractivity (Wildman–Crippen MR) is 181 cm³/mol. The number of carbonyl (C=O) groups is 4. The Morgan fingerprint density at radius 3 is 2.30 bits per heavy atom. The number of amides is 4. The number of carbonyl (C=O) groups excluding carboxylic acids is 4. The molecule has 0 bridgehead atoms. The number of unbranched alkanes of at least 4 members (excludes halogenated alkanes) is 1. The molecule has 0 aliphatic carbocycles. The molecule has 0 unspecified atom stereocenters. The zero-order valence-electron chi connectivity index (χ0n) is 27.5. The van der Waals surface area contributed by atoms with Crippen molar-refractivity contribution >= 4 is 40.9 Å². The van der Waals surface area contributed by atoms with Crippen LogP contribution in [0.25, 0.3) is 0 Å². The van der Waals surface area contributed by atoms with E-state index in [0.29, 0.717) is 29.2 Å². The number of nitrogens with one attached hydrogen (secondary N) is 3. The van der Waals surface area contributed by atoms with Crippen molar-refractivity contribution < 1.29 is 28.7 Å². The monoisotopic (exact) mass is 644 g/mol. The molecule has 4 rings (SSSR count). The van der Waals surface area contributed by atoms with Gasteiger partial charge < -0.3 is 25.0 Å². The van der Waals surface area contributed by atoms with E-state index in [4.69, 9.17) is 9.47 Å². The predicted octanol–water partition coefficient (Wildman–Crippen LogP) is 6.03. The number of pyridine rings is 1. The minimum absolute atomic E-state index is 0.0842. The van der Waals surface area contributed by atoms with Crippen molar-refractivity contribution in [1.29, 1.82) is 0 Å². The number of hydrogen-bond donors (Lipinski definition) is 3. The molecular weight excluding hydrogens is 600 g/mol. The number of benzene rings is 2. The highest BCUT2D eigenvalue weighted by Gasteiger charge is 2.19. The maximum Gasteiger partial charge on any atom is 0.412 e. The molecule has 3 aromatic rings. The fraction of sp³-hybridized carbons (Fsp3) is 0.400. The van der Waals surface area contributed by atoms with Crippen LogP contribution in [0.4, 0.5) is 26.7 Å². The highest BCUT2D eigenvalue weighted by molar-refractivity contribution is 6.05. The van der Waals surface area contributed by atoms with Gasteiger partial charge in [0.25, 0.3) is 5.91 Å². The Hall–Kier alpha value is -4.81. The summed E-state index contributed by atoms with van der Waals surface area (Å²) in [5.74, 6) is -0.544. The van der Waals surface area contributed by atoms with Gasteiger partial charge >= 0.3 is 12.1 Å². The number of para-hydroxylation sites is 2. The molecule has 2 heterocycles. The van der Waals surface area contributed by atoms with Crippen molar-refractivity contribution in [3.8, 4) is 0 Å². The summed E-state index contributed by atoms with van der Waals surface area (Å²) in [6.45, 7) is 11.8. The van der Waals surface area contributed by atoms with E-state index in [0.717, 1.165) is 51.3 Å². The summed E-state index contributed by atoms with van der Waals surface area (Å²) in [5, 5.41) is 8.38. The molecule has 1 aromatic heterocycles. The lowest BCUT2D eigenvalue weighted by atomic mass is 10.1. The van der Waals surface area contributed by atoms with Gasteiger partial charge in [0, 0.05) is 43.6 Å². The molecule has 12 heteroatoms. The molecule has 1 fully saturated rings. The summed E-state index contributed by atoms with van der Waals surface area (Å²) < 4.78 is 10.8. The van der Waals surface area contributed by atoms with Crippen LogP contribution in [0.3, 0.4) is 0 Å². The summed E-state index contributed by atoms with van der Waals surface area (Å²) in [4.78, 5) is 59.1. The van der Waals surface area contributed by atoms with Gasteiger partial charge in [-0.1, -0.05) is 30.3 Å². The van der Waals surface area contributed by atoms with Gasteiger partial charge in [0.2, 0.25) is 0 Å². The quantitative estimate of drug-likeness (QED) is 0.160. The van der Waals surface area contributed by atoms with E-state index in [-0.39, 0.29) is 24.1 Å². The summed E-state index contributed by atoms with van der Waals surface area (Å²) in [5.41, 5.74) is 2.07. The van der Waals surface area contributed by atoms with Gasteiger partial charge in [0.1, 0.15) is 11.3 Å². The highest BCUT2D eigenvalue weighted by Crippen LogP contribution is 2.23. The van der Waals surface area contributed by atoms with Crippen LogP contribution in [-0.2, 0) is 16.0 Å². The lowest BCUT2D eigenvalue weighted by molar-refractivity contribution is 0.0370. The van der Waals surface area contributed by atoms with Gasteiger partial charge in [-0.05, 0) is 83.0 Å². The average molecular weight is 645 g/mol. The van der Waals surface area contributed by atoms with Crippen molar-refractivity contribution in [1.82, 2.24) is 14.8 Å². The standard InChI is InChI=1S/C35H44N6O6/c1-25(42)27-10-9-11-28(22-27)37-33(44)41(17-8-7-16-40-18-20-46-21-19-40)24-26-14-15-31(36-23-26)32(43)38-29-12-5-6-13-30(29)39-34(45)47-35(2,3)4/h5-6,9-15,22-23H,7-8,16-21,24H2,1-4H3,(H,37,44)(H,38,43)(H,39,45). The molecule has 1 aliphatic heterocycles. The molecule has 0 atom stereocenters. The molecule has 47 heavy (non-hydrogen) atoms. The van der Waals surface area contributed by atoms with Crippen molar-refractivity contribution in [2.75, 3.05) is 55.3 Å². The van der Waals surface area contributed by atoms with Crippen LogP contribution in [0.5, 0.6) is 0 Å². The van der Waals surface area contributed by atoms with Crippen molar-refractivity contribution in [2.24, 2.45) is 0 Å². The Bertz CT molecular complexity index is 1530. The van der Waals surface area contributed by atoms with Crippen LogP contribution in [-0.4, -0.2) is 83.6 Å². The first kappa shape index (κ1) is 35.1. The van der Waals surface area contributed by atoms with Crippen LogP contribution in [0.1, 0.15) is 66.9 Å². The van der Waals surface area contributed by atoms with E-state index in [9.17, 15) is 19.2 Å². The second-order valence-electron chi connectivity index (χ2n) is 12.3. The number of ketones is 1. The Labute approximate surface area is 275 Å². The summed E-state index contributed by atoms with van der Waals surface area (Å²) in [7, 11) is 0. The first-order valence-electron chi connectivity index (χ1n) is 15.8. The highest BCUT2D eigenvalue weighted by atomic mass is 16.6. The topological polar surface area (TPSA) is 142 Å². The second kappa shape index (κ2) is 16.7. The van der Waals surface area contributed by atoms with Gasteiger partial charge in [-0.3, -0.25) is 24.8 Å². The molecule has 4 amide bonds. The number of hydrogen-bond acceptors (Lipinski definition) is 8. The van der Waals surface area contributed by atoms with Crippen LogP contribution in [0.15, 0.2) is 66.9 Å². The molecule has 2 aromatic carbocycles. The first-order chi connectivity index (χ1) is 22.5. The Morgan fingerprint density at radius 1 is 0.915 bits per heavy atom. The maximum absolute atomic E-state index is 13.4. The zero-order valence-corrected chi connectivity index (χ0v) is 27.5. The molecule has 0 saturated carbocycles. The minimum Gasteiger partial charge on any atom is -0.444 e. The van der Waals surface area contributed by atoms with Crippen LogP contribution >= 0.6 is 0 Å². The minimum atomic E-state index is -0.673. The van der Waals surface area contributed by atoms with Gasteiger partial charge in [-0.15, -0.1) is 0 Å². The third-order valence-electron chi connectivity index (χ3n) is 7.31. The van der Waals surface area contributed by atoms with E-state index >= 15 is 0 Å². The zero-order chi connectivity index (χ0) is 33.8. The van der Waals surface area contributed by atoms with Crippen molar-refractivity contribution in [2.45, 2.75) is 52.7 Å². The molecule has 3 N–H and O–H groups in total. The molecule has 250 valence electrons. The summed E-state index contributed by atoms with van der Waals surface area (Å²) in [6.07, 6.45) is 2.65. The SMILES string of the molecule is CC(=O)c1cccc(NC(=O)N(CCCCN2CCOCC2)Cc2ccc(C(=O)Nc3ccccc3NC(=O)OC(C)(C)C)nc2)c1. The van der Waals surface area contributed by atoms with Crippen LogP contribution in [0.2, 0.25) is 0 Å². The number of Topliss-reactive ketones (excluding diaryl/α,β-unsaturated/α-hetero) is 1. The molecule has 1 saturated heterocycles. The molecule has 0 spiro atoms. The summed E-state index contributed by atoms with van der Waals surface area (Å²) >= 11 is 0. The van der Waals surface area contributed by atoms with Gasteiger partial charge in [0.15, 0.2) is 5.78 Å². The van der Waals surface area contributed by atoms with Gasteiger partial charge in [-0.2, -0.15) is 0 Å². The smallest absolute Gasteiger partial charge is 0.412 e. The third-order valence-corrected chi connectivity index (χ3v) is 7.31. The lowest BCUT2D eigenvalue weighted by Crippen LogP contribution is -2.38. The number of urea groups is 1. The Morgan fingerprint density at radius 2 is 1.64 bits per heavy atom. The number of ether oxygens (including phenoxy) is 2. The van der Waals surface area contributed by atoms with Gasteiger partial charge in [0.05, 0.1) is 24.6 Å². The fourth-order valence-electron chi connectivity index (χ4n) is 4.91. The summed E-state index contributed by atoms with van der Waals surface area (Å²) in [6, 6.07) is 16.7. The number of anilines is 3. The average Bonchev–Trinajstić information content (AvgIpc) is 3.03. The van der Waals surface area contributed by atoms with Crippen molar-refractivity contribution in [3.05, 3.63) is 83.7 Å². The van der Waals surface area contributed by atoms with E-state index in [1.807, 2.05) is 0 Å². The number of morpholine rings is 1. The molecular formula is C35H44N6O6. The Balaban J connectivity index is 1.40.